The largest absolute Gasteiger partial charge is 0.337 e. The number of piperazine rings is 1. The normalized spacial score (nSPS) is 19.4. The molecule has 1 aliphatic heterocycles. The summed E-state index contributed by atoms with van der Waals surface area (Å²) in [6, 6.07) is 4.51. The maximum absolute atomic E-state index is 4.62. The second kappa shape index (κ2) is 5.20. The van der Waals surface area contributed by atoms with Gasteiger partial charge in [0.2, 0.25) is 5.95 Å². The monoisotopic (exact) mass is 272 g/mol. The first-order valence-electron chi connectivity index (χ1n) is 6.99. The molecule has 1 saturated heterocycles. The predicted molar refractivity (Wildman–Crippen MR) is 78.8 cm³/mol. The topological polar surface area (TPSA) is 69.7 Å². The average Bonchev–Trinajstić information content (AvgIpc) is 2.88. The molecular formula is C14H20N6. The van der Waals surface area contributed by atoms with E-state index in [1.54, 1.807) is 0 Å². The Morgan fingerprint density at radius 1 is 1.25 bits per heavy atom. The summed E-state index contributed by atoms with van der Waals surface area (Å²) in [6.45, 7) is 9.00. The average molecular weight is 272 g/mol. The smallest absolute Gasteiger partial charge is 0.245 e. The summed E-state index contributed by atoms with van der Waals surface area (Å²) >= 11 is 0. The van der Waals surface area contributed by atoms with Gasteiger partial charge in [0.15, 0.2) is 5.82 Å². The highest BCUT2D eigenvalue weighted by atomic mass is 15.4. The fraction of sp³-hybridized carbons (Fsp3) is 0.500. The first-order valence-corrected chi connectivity index (χ1v) is 6.99. The van der Waals surface area contributed by atoms with Gasteiger partial charge in [-0.15, -0.1) is 5.10 Å². The summed E-state index contributed by atoms with van der Waals surface area (Å²) in [4.78, 5) is 11.3. The molecule has 3 rings (SSSR count). The van der Waals surface area contributed by atoms with Crippen LogP contribution in [-0.2, 0) is 0 Å². The summed E-state index contributed by atoms with van der Waals surface area (Å²) in [5.74, 6) is 1.56. The summed E-state index contributed by atoms with van der Waals surface area (Å²) < 4.78 is 0. The zero-order chi connectivity index (χ0) is 14.1. The molecule has 6 nitrogen and oxygen atoms in total. The van der Waals surface area contributed by atoms with E-state index in [0.29, 0.717) is 6.04 Å². The molecule has 1 atom stereocenters. The van der Waals surface area contributed by atoms with Crippen molar-refractivity contribution in [3.8, 4) is 11.4 Å². The fourth-order valence-electron chi connectivity index (χ4n) is 2.57. The van der Waals surface area contributed by atoms with E-state index in [1.807, 2.05) is 26.0 Å². The number of rotatable bonds is 2. The molecule has 106 valence electrons. The molecule has 2 aromatic heterocycles. The van der Waals surface area contributed by atoms with Crippen molar-refractivity contribution in [2.75, 3.05) is 24.5 Å². The van der Waals surface area contributed by atoms with Crippen molar-refractivity contribution >= 4 is 5.95 Å². The number of hydrogen-bond acceptors (Lipinski definition) is 5. The van der Waals surface area contributed by atoms with Crippen molar-refractivity contribution in [1.82, 2.24) is 25.5 Å². The molecule has 1 aliphatic rings. The fourth-order valence-corrected chi connectivity index (χ4v) is 2.57. The van der Waals surface area contributed by atoms with Crippen molar-refractivity contribution in [1.29, 1.82) is 0 Å². The number of nitrogens with one attached hydrogen (secondary N) is 2. The van der Waals surface area contributed by atoms with Gasteiger partial charge >= 0.3 is 0 Å². The van der Waals surface area contributed by atoms with Crippen LogP contribution >= 0.6 is 0 Å². The number of nitrogens with zero attached hydrogens (tertiary/aromatic N) is 4. The molecule has 0 radical (unpaired) electrons. The van der Waals surface area contributed by atoms with Gasteiger partial charge in [-0.2, -0.15) is 4.98 Å². The zero-order valence-corrected chi connectivity index (χ0v) is 12.1. The van der Waals surface area contributed by atoms with Crippen LogP contribution < -0.4 is 10.2 Å². The number of aromatic nitrogens is 4. The molecule has 2 aromatic rings. The minimum absolute atomic E-state index is 0.466. The molecule has 0 aliphatic carbocycles. The van der Waals surface area contributed by atoms with Crippen LogP contribution in [0, 0.1) is 13.8 Å². The second-order valence-electron chi connectivity index (χ2n) is 5.37. The third-order valence-corrected chi connectivity index (χ3v) is 3.61. The lowest BCUT2D eigenvalue weighted by molar-refractivity contribution is 0.480. The summed E-state index contributed by atoms with van der Waals surface area (Å²) in [5.41, 5.74) is 3.00. The van der Waals surface area contributed by atoms with Gasteiger partial charge in [0.1, 0.15) is 0 Å². The van der Waals surface area contributed by atoms with E-state index in [4.69, 9.17) is 0 Å². The Morgan fingerprint density at radius 2 is 2.10 bits per heavy atom. The lowest BCUT2D eigenvalue weighted by atomic mass is 10.2. The number of hydrogen-bond donors (Lipinski definition) is 2. The van der Waals surface area contributed by atoms with E-state index in [0.717, 1.165) is 48.4 Å². The zero-order valence-electron chi connectivity index (χ0n) is 12.1. The molecule has 1 fully saturated rings. The highest BCUT2D eigenvalue weighted by molar-refractivity contribution is 5.59. The van der Waals surface area contributed by atoms with Crippen LogP contribution in [0.4, 0.5) is 5.95 Å². The number of H-pyrrole nitrogens is 1. The van der Waals surface area contributed by atoms with Crippen LogP contribution in [0.2, 0.25) is 0 Å². The molecule has 0 spiro atoms. The Balaban J connectivity index is 1.86. The maximum Gasteiger partial charge on any atom is 0.245 e. The Bertz CT molecular complexity index is 605. The van der Waals surface area contributed by atoms with E-state index < -0.39 is 0 Å². The Morgan fingerprint density at radius 3 is 2.85 bits per heavy atom. The Labute approximate surface area is 118 Å². The quantitative estimate of drug-likeness (QED) is 0.862. The van der Waals surface area contributed by atoms with Gasteiger partial charge in [0.25, 0.3) is 0 Å². The number of aryl methyl sites for hydroxylation is 2. The summed E-state index contributed by atoms with van der Waals surface area (Å²) in [7, 11) is 0. The second-order valence-corrected chi connectivity index (χ2v) is 5.37. The van der Waals surface area contributed by atoms with E-state index in [-0.39, 0.29) is 0 Å². The number of pyridine rings is 1. The van der Waals surface area contributed by atoms with Gasteiger partial charge in [0, 0.05) is 42.6 Å². The molecule has 0 saturated carbocycles. The van der Waals surface area contributed by atoms with Crippen molar-refractivity contribution in [3.05, 3.63) is 23.5 Å². The van der Waals surface area contributed by atoms with Crippen LogP contribution in [-0.4, -0.2) is 45.8 Å². The lowest BCUT2D eigenvalue weighted by Crippen LogP contribution is -2.49. The lowest BCUT2D eigenvalue weighted by Gasteiger charge is -2.30. The highest BCUT2D eigenvalue weighted by Crippen LogP contribution is 2.21. The standard InChI is InChI=1S/C14H20N6/c1-9-4-5-12(11(3)16-9)13-17-14(19-18-13)20-7-6-15-10(2)8-20/h4-5,10,15H,6-8H2,1-3H3,(H,17,18,19)/t10-/m1/s1. The maximum atomic E-state index is 4.62. The van der Waals surface area contributed by atoms with Gasteiger partial charge in [0.05, 0.1) is 0 Å². The van der Waals surface area contributed by atoms with Gasteiger partial charge in [-0.25, -0.2) is 0 Å². The highest BCUT2D eigenvalue weighted by Gasteiger charge is 2.20. The molecule has 6 heteroatoms. The third-order valence-electron chi connectivity index (χ3n) is 3.61. The first kappa shape index (κ1) is 13.1. The SMILES string of the molecule is Cc1ccc(-c2nc(N3CCN[C@H](C)C3)n[nH]2)c(C)n1. The molecular weight excluding hydrogens is 252 g/mol. The van der Waals surface area contributed by atoms with E-state index >= 15 is 0 Å². The summed E-state index contributed by atoms with van der Waals surface area (Å²) in [6.07, 6.45) is 0. The van der Waals surface area contributed by atoms with E-state index in [2.05, 4.69) is 37.3 Å². The van der Waals surface area contributed by atoms with Crippen LogP contribution in [0.3, 0.4) is 0 Å². The van der Waals surface area contributed by atoms with Crippen molar-refractivity contribution in [2.45, 2.75) is 26.8 Å². The molecule has 0 aromatic carbocycles. The van der Waals surface area contributed by atoms with Gasteiger partial charge in [-0.3, -0.25) is 10.1 Å². The van der Waals surface area contributed by atoms with Crippen molar-refractivity contribution < 1.29 is 0 Å². The minimum Gasteiger partial charge on any atom is -0.337 e. The number of anilines is 1. The van der Waals surface area contributed by atoms with Gasteiger partial charge < -0.3 is 10.2 Å². The minimum atomic E-state index is 0.466. The van der Waals surface area contributed by atoms with Crippen molar-refractivity contribution in [2.24, 2.45) is 0 Å². The predicted octanol–water partition coefficient (Wildman–Crippen LogP) is 1.28. The van der Waals surface area contributed by atoms with Crippen LogP contribution in [0.5, 0.6) is 0 Å². The van der Waals surface area contributed by atoms with E-state index in [1.165, 1.54) is 0 Å². The first-order chi connectivity index (χ1) is 9.63. The van der Waals surface area contributed by atoms with Crippen molar-refractivity contribution in [3.63, 3.8) is 0 Å². The third kappa shape index (κ3) is 2.51. The molecule has 0 bridgehead atoms. The molecule has 0 amide bonds. The number of aromatic amines is 1. The van der Waals surface area contributed by atoms with Crippen LogP contribution in [0.1, 0.15) is 18.3 Å². The molecule has 3 heterocycles. The van der Waals surface area contributed by atoms with Crippen LogP contribution in [0.25, 0.3) is 11.4 Å². The Kier molecular flexibility index (Phi) is 3.40. The van der Waals surface area contributed by atoms with E-state index in [9.17, 15) is 0 Å². The summed E-state index contributed by atoms with van der Waals surface area (Å²) in [5, 5.41) is 10.8. The van der Waals surface area contributed by atoms with Gasteiger partial charge in [-0.05, 0) is 32.9 Å². The van der Waals surface area contributed by atoms with Crippen LogP contribution in [0.15, 0.2) is 12.1 Å². The van der Waals surface area contributed by atoms with Gasteiger partial charge in [-0.1, -0.05) is 0 Å². The Hall–Kier alpha value is -1.95. The molecule has 20 heavy (non-hydrogen) atoms. The molecule has 0 unspecified atom stereocenters. The molecule has 2 N–H and O–H groups in total.